The summed E-state index contributed by atoms with van der Waals surface area (Å²) in [6, 6.07) is 13.6. The van der Waals surface area contributed by atoms with Gasteiger partial charge in [-0.1, -0.05) is 18.2 Å². The third kappa shape index (κ3) is 3.34. The molecule has 0 aromatic heterocycles. The van der Waals surface area contributed by atoms with E-state index in [1.807, 2.05) is 6.07 Å². The molecule has 0 atom stereocenters. The number of nitro benzene ring substituents is 1. The maximum atomic E-state index is 12.4. The minimum atomic E-state index is -0.387. The van der Waals surface area contributed by atoms with Crippen molar-refractivity contribution in [1.82, 2.24) is 9.80 Å². The Balaban J connectivity index is 1.32. The van der Waals surface area contributed by atoms with Crippen LogP contribution < -0.4 is 4.90 Å². The lowest BCUT2D eigenvalue weighted by atomic mass is 10.1. The Morgan fingerprint density at radius 2 is 1.50 bits per heavy atom. The smallest absolute Gasteiger partial charge is 0.271 e. The van der Waals surface area contributed by atoms with Crippen LogP contribution in [0.4, 0.5) is 11.4 Å². The van der Waals surface area contributed by atoms with Crippen molar-refractivity contribution in [2.24, 2.45) is 0 Å². The van der Waals surface area contributed by atoms with Crippen molar-refractivity contribution in [3.63, 3.8) is 0 Å². The lowest BCUT2D eigenvalue weighted by Gasteiger charge is -2.36. The van der Waals surface area contributed by atoms with Gasteiger partial charge in [-0.05, 0) is 18.2 Å². The maximum absolute atomic E-state index is 12.4. The molecule has 2 aliphatic heterocycles. The molecule has 1 fully saturated rings. The lowest BCUT2D eigenvalue weighted by Crippen LogP contribution is -2.49. The average Bonchev–Trinajstić information content (AvgIpc) is 2.97. The first-order chi connectivity index (χ1) is 13.5. The normalized spacial score (nSPS) is 17.1. The molecule has 2 aliphatic rings. The van der Waals surface area contributed by atoms with Gasteiger partial charge in [0.15, 0.2) is 0 Å². The first kappa shape index (κ1) is 18.1. The van der Waals surface area contributed by atoms with E-state index in [0.29, 0.717) is 24.2 Å². The number of amides is 2. The van der Waals surface area contributed by atoms with Crippen molar-refractivity contribution in [2.75, 3.05) is 44.2 Å². The molecule has 0 radical (unpaired) electrons. The number of imide groups is 1. The summed E-state index contributed by atoms with van der Waals surface area (Å²) in [5.41, 5.74) is 1.88. The van der Waals surface area contributed by atoms with Crippen LogP contribution in [0.25, 0.3) is 0 Å². The Hall–Kier alpha value is -3.26. The second-order valence-electron chi connectivity index (χ2n) is 6.91. The molecule has 144 valence electrons. The van der Waals surface area contributed by atoms with Gasteiger partial charge >= 0.3 is 0 Å². The molecule has 2 aromatic carbocycles. The number of hydrogen-bond acceptors (Lipinski definition) is 6. The Morgan fingerprint density at radius 3 is 2.11 bits per heavy atom. The molecule has 8 nitrogen and oxygen atoms in total. The minimum Gasteiger partial charge on any atom is -0.369 e. The Morgan fingerprint density at radius 1 is 0.857 bits per heavy atom. The highest BCUT2D eigenvalue weighted by Gasteiger charge is 2.35. The Labute approximate surface area is 162 Å². The maximum Gasteiger partial charge on any atom is 0.271 e. The number of nitro groups is 1. The average molecular weight is 380 g/mol. The molecule has 28 heavy (non-hydrogen) atoms. The second-order valence-corrected chi connectivity index (χ2v) is 6.91. The first-order valence-corrected chi connectivity index (χ1v) is 9.21. The molecular weight excluding hydrogens is 360 g/mol. The third-order valence-corrected chi connectivity index (χ3v) is 5.30. The van der Waals surface area contributed by atoms with Gasteiger partial charge in [-0.15, -0.1) is 0 Å². The largest absolute Gasteiger partial charge is 0.369 e. The van der Waals surface area contributed by atoms with Gasteiger partial charge in [0, 0.05) is 57.1 Å². The summed E-state index contributed by atoms with van der Waals surface area (Å²) < 4.78 is 0. The third-order valence-electron chi connectivity index (χ3n) is 5.30. The van der Waals surface area contributed by atoms with Crippen LogP contribution in [0.2, 0.25) is 0 Å². The van der Waals surface area contributed by atoms with Gasteiger partial charge in [0.2, 0.25) is 0 Å². The summed E-state index contributed by atoms with van der Waals surface area (Å²) in [6.07, 6.45) is 0. The van der Waals surface area contributed by atoms with Crippen LogP contribution in [0.3, 0.4) is 0 Å². The number of rotatable bonds is 5. The molecule has 4 rings (SSSR count). The molecule has 2 amide bonds. The van der Waals surface area contributed by atoms with E-state index in [1.165, 1.54) is 11.0 Å². The number of fused-ring (bicyclic) bond motifs is 1. The van der Waals surface area contributed by atoms with Crippen molar-refractivity contribution >= 4 is 23.2 Å². The highest BCUT2D eigenvalue weighted by molar-refractivity contribution is 6.21. The fourth-order valence-corrected chi connectivity index (χ4v) is 3.72. The van der Waals surface area contributed by atoms with E-state index < -0.39 is 0 Å². The highest BCUT2D eigenvalue weighted by Crippen LogP contribution is 2.24. The number of nitrogens with zero attached hydrogens (tertiary/aromatic N) is 4. The van der Waals surface area contributed by atoms with Gasteiger partial charge in [-0.3, -0.25) is 29.5 Å². The predicted molar refractivity (Wildman–Crippen MR) is 104 cm³/mol. The zero-order valence-corrected chi connectivity index (χ0v) is 15.3. The fraction of sp³-hybridized carbons (Fsp3) is 0.300. The van der Waals surface area contributed by atoms with Gasteiger partial charge in [0.05, 0.1) is 16.1 Å². The summed E-state index contributed by atoms with van der Waals surface area (Å²) >= 11 is 0. The molecule has 1 saturated heterocycles. The van der Waals surface area contributed by atoms with Crippen molar-refractivity contribution in [3.8, 4) is 0 Å². The molecule has 0 N–H and O–H groups in total. The van der Waals surface area contributed by atoms with Crippen LogP contribution in [-0.2, 0) is 0 Å². The van der Waals surface area contributed by atoms with E-state index in [9.17, 15) is 19.7 Å². The molecule has 0 unspecified atom stereocenters. The van der Waals surface area contributed by atoms with Gasteiger partial charge in [0.25, 0.3) is 17.5 Å². The number of benzene rings is 2. The molecular formula is C20H20N4O4. The molecule has 2 heterocycles. The van der Waals surface area contributed by atoms with Crippen molar-refractivity contribution in [2.45, 2.75) is 0 Å². The molecule has 8 heteroatoms. The van der Waals surface area contributed by atoms with E-state index in [4.69, 9.17) is 0 Å². The number of carbonyl (C=O) groups is 2. The number of carbonyl (C=O) groups excluding carboxylic acids is 2. The van der Waals surface area contributed by atoms with Gasteiger partial charge in [-0.2, -0.15) is 0 Å². The summed E-state index contributed by atoms with van der Waals surface area (Å²) in [7, 11) is 0. The zero-order chi connectivity index (χ0) is 19.7. The van der Waals surface area contributed by atoms with E-state index in [0.717, 1.165) is 31.9 Å². The SMILES string of the molecule is O=C1c2ccccc2C(=O)N1CCN1CCN(c2cccc([N+](=O)[O-])c2)CC1. The van der Waals surface area contributed by atoms with E-state index in [1.54, 1.807) is 36.4 Å². The van der Waals surface area contributed by atoms with Gasteiger partial charge < -0.3 is 4.90 Å². The van der Waals surface area contributed by atoms with Crippen LogP contribution in [0, 0.1) is 10.1 Å². The molecule has 0 aliphatic carbocycles. The van der Waals surface area contributed by atoms with Crippen LogP contribution in [0.1, 0.15) is 20.7 Å². The van der Waals surface area contributed by atoms with Crippen LogP contribution in [-0.4, -0.2) is 65.8 Å². The fourth-order valence-electron chi connectivity index (χ4n) is 3.72. The standard InChI is InChI=1S/C20H20N4O4/c25-19-17-6-1-2-7-18(17)20(26)23(19)13-10-21-8-11-22(12-9-21)15-4-3-5-16(14-15)24(27)28/h1-7,14H,8-13H2. The summed E-state index contributed by atoms with van der Waals surface area (Å²) in [5, 5.41) is 11.0. The van der Waals surface area contributed by atoms with E-state index in [-0.39, 0.29) is 22.4 Å². The van der Waals surface area contributed by atoms with Gasteiger partial charge in [0.1, 0.15) is 0 Å². The topological polar surface area (TPSA) is 87.0 Å². The Bertz CT molecular complexity index is 902. The lowest BCUT2D eigenvalue weighted by molar-refractivity contribution is -0.384. The van der Waals surface area contributed by atoms with Crippen molar-refractivity contribution in [3.05, 3.63) is 69.8 Å². The van der Waals surface area contributed by atoms with Gasteiger partial charge in [-0.25, -0.2) is 0 Å². The molecule has 0 bridgehead atoms. The molecule has 2 aromatic rings. The summed E-state index contributed by atoms with van der Waals surface area (Å²) in [6.45, 7) is 4.00. The first-order valence-electron chi connectivity index (χ1n) is 9.21. The van der Waals surface area contributed by atoms with Crippen molar-refractivity contribution < 1.29 is 14.5 Å². The van der Waals surface area contributed by atoms with Crippen molar-refractivity contribution in [1.29, 1.82) is 0 Å². The quantitative estimate of drug-likeness (QED) is 0.448. The second kappa shape index (κ2) is 7.40. The number of non-ortho nitro benzene ring substituents is 1. The van der Waals surface area contributed by atoms with Crippen LogP contribution >= 0.6 is 0 Å². The predicted octanol–water partition coefficient (Wildman–Crippen LogP) is 2.01. The minimum absolute atomic E-state index is 0.0885. The molecule has 0 spiro atoms. The van der Waals surface area contributed by atoms with Crippen LogP contribution in [0.15, 0.2) is 48.5 Å². The highest BCUT2D eigenvalue weighted by atomic mass is 16.6. The summed E-state index contributed by atoms with van der Waals surface area (Å²) in [5.74, 6) is -0.452. The van der Waals surface area contributed by atoms with E-state index in [2.05, 4.69) is 9.80 Å². The summed E-state index contributed by atoms with van der Waals surface area (Å²) in [4.78, 5) is 41.1. The number of anilines is 1. The number of hydrogen-bond donors (Lipinski definition) is 0. The van der Waals surface area contributed by atoms with E-state index >= 15 is 0 Å². The zero-order valence-electron chi connectivity index (χ0n) is 15.3. The van der Waals surface area contributed by atoms with Crippen LogP contribution in [0.5, 0.6) is 0 Å². The number of piperazine rings is 1. The molecule has 0 saturated carbocycles. The Kier molecular flexibility index (Phi) is 4.79. The monoisotopic (exact) mass is 380 g/mol.